The van der Waals surface area contributed by atoms with Gasteiger partial charge >= 0.3 is 6.18 Å². The molecule has 0 spiro atoms. The van der Waals surface area contributed by atoms with Crippen molar-refractivity contribution in [2.75, 3.05) is 13.1 Å². The Hall–Kier alpha value is -2.19. The average molecular weight is 364 g/mol. The normalized spacial score (nSPS) is 21.8. The monoisotopic (exact) mass is 364 g/mol. The van der Waals surface area contributed by atoms with E-state index in [-0.39, 0.29) is 18.4 Å². The summed E-state index contributed by atoms with van der Waals surface area (Å²) in [6.45, 7) is -0.778. The van der Waals surface area contributed by atoms with E-state index in [9.17, 15) is 31.5 Å². The highest BCUT2D eigenvalue weighted by molar-refractivity contribution is 5.87. The molecule has 25 heavy (non-hydrogen) atoms. The largest absolute Gasteiger partial charge is 0.406 e. The summed E-state index contributed by atoms with van der Waals surface area (Å²) < 4.78 is 65.8. The Balaban J connectivity index is 2.33. The van der Waals surface area contributed by atoms with Gasteiger partial charge in [0.05, 0.1) is 0 Å². The first-order valence-electron chi connectivity index (χ1n) is 7.65. The summed E-state index contributed by atoms with van der Waals surface area (Å²) in [7, 11) is 0. The lowest BCUT2D eigenvalue weighted by molar-refractivity contribution is -0.162. The molecule has 9 heteroatoms. The van der Waals surface area contributed by atoms with Crippen LogP contribution in [0.2, 0.25) is 0 Å². The number of alkyl halides is 3. The maximum absolute atomic E-state index is 14.0. The zero-order chi connectivity index (χ0) is 18.8. The second-order valence-corrected chi connectivity index (χ2v) is 6.00. The van der Waals surface area contributed by atoms with E-state index in [1.165, 1.54) is 12.1 Å². The SMILES string of the molecule is CC(=O)N[C@@H]1CC[C@@H](c2cccc(F)c2F)CN(CC(F)(F)F)C1=O. The topological polar surface area (TPSA) is 49.4 Å². The van der Waals surface area contributed by atoms with E-state index in [1.807, 2.05) is 0 Å². The quantitative estimate of drug-likeness (QED) is 0.839. The number of carbonyl (C=O) groups excluding carboxylic acids is 2. The lowest BCUT2D eigenvalue weighted by atomic mass is 9.93. The van der Waals surface area contributed by atoms with Crippen LogP contribution in [0.1, 0.15) is 31.2 Å². The van der Waals surface area contributed by atoms with Crippen LogP contribution in [0.4, 0.5) is 22.0 Å². The Bertz CT molecular complexity index is 662. The predicted octanol–water partition coefficient (Wildman–Crippen LogP) is 2.74. The zero-order valence-corrected chi connectivity index (χ0v) is 13.4. The number of nitrogens with zero attached hydrogens (tertiary/aromatic N) is 1. The predicted molar refractivity (Wildman–Crippen MR) is 78.6 cm³/mol. The van der Waals surface area contributed by atoms with Crippen molar-refractivity contribution >= 4 is 11.8 Å². The summed E-state index contributed by atoms with van der Waals surface area (Å²) in [5.41, 5.74) is -0.0801. The molecule has 1 fully saturated rings. The number of hydrogen-bond donors (Lipinski definition) is 1. The van der Waals surface area contributed by atoms with Crippen LogP contribution in [0.3, 0.4) is 0 Å². The van der Waals surface area contributed by atoms with Gasteiger partial charge < -0.3 is 10.2 Å². The van der Waals surface area contributed by atoms with E-state index in [2.05, 4.69) is 5.32 Å². The van der Waals surface area contributed by atoms with Crippen molar-refractivity contribution in [3.05, 3.63) is 35.4 Å². The Morgan fingerprint density at radius 2 is 1.96 bits per heavy atom. The smallest absolute Gasteiger partial charge is 0.345 e. The van der Waals surface area contributed by atoms with Gasteiger partial charge in [-0.05, 0) is 24.5 Å². The van der Waals surface area contributed by atoms with Crippen molar-refractivity contribution in [3.63, 3.8) is 0 Å². The highest BCUT2D eigenvalue weighted by atomic mass is 19.4. The Morgan fingerprint density at radius 1 is 1.28 bits per heavy atom. The van der Waals surface area contributed by atoms with Crippen LogP contribution in [-0.2, 0) is 9.59 Å². The molecule has 0 unspecified atom stereocenters. The molecule has 0 aliphatic carbocycles. The number of hydrogen-bond acceptors (Lipinski definition) is 2. The second kappa shape index (κ2) is 7.37. The summed E-state index contributed by atoms with van der Waals surface area (Å²) in [5, 5.41) is 2.32. The molecule has 1 N–H and O–H groups in total. The van der Waals surface area contributed by atoms with Gasteiger partial charge in [0.2, 0.25) is 11.8 Å². The molecule has 1 aliphatic heterocycles. The fraction of sp³-hybridized carbons (Fsp3) is 0.500. The Kier molecular flexibility index (Phi) is 5.64. The number of rotatable bonds is 3. The van der Waals surface area contributed by atoms with E-state index in [0.29, 0.717) is 4.90 Å². The van der Waals surface area contributed by atoms with Gasteiger partial charge in [0, 0.05) is 19.4 Å². The van der Waals surface area contributed by atoms with E-state index in [1.54, 1.807) is 0 Å². The highest BCUT2D eigenvalue weighted by Gasteiger charge is 2.39. The van der Waals surface area contributed by atoms with E-state index in [0.717, 1.165) is 13.0 Å². The molecule has 1 aromatic carbocycles. The first-order chi connectivity index (χ1) is 11.6. The van der Waals surface area contributed by atoms with Crippen molar-refractivity contribution in [1.82, 2.24) is 10.2 Å². The van der Waals surface area contributed by atoms with E-state index < -0.39 is 54.7 Å². The molecule has 4 nitrogen and oxygen atoms in total. The Labute approximate surface area is 141 Å². The molecular formula is C16H17F5N2O2. The lowest BCUT2D eigenvalue weighted by Crippen LogP contribution is -2.49. The molecule has 1 heterocycles. The molecule has 138 valence electrons. The minimum atomic E-state index is -4.65. The average Bonchev–Trinajstić information content (AvgIpc) is 2.62. The number of likely N-dealkylation sites (tertiary alicyclic amines) is 1. The number of benzene rings is 1. The van der Waals surface area contributed by atoms with Gasteiger partial charge in [-0.1, -0.05) is 12.1 Å². The van der Waals surface area contributed by atoms with Crippen LogP contribution in [0.15, 0.2) is 18.2 Å². The maximum Gasteiger partial charge on any atom is 0.406 e. The van der Waals surface area contributed by atoms with Crippen molar-refractivity contribution < 1.29 is 31.5 Å². The molecule has 1 aliphatic rings. The van der Waals surface area contributed by atoms with E-state index in [4.69, 9.17) is 0 Å². The van der Waals surface area contributed by atoms with Gasteiger partial charge in [0.15, 0.2) is 11.6 Å². The number of amides is 2. The fourth-order valence-electron chi connectivity index (χ4n) is 2.99. The highest BCUT2D eigenvalue weighted by Crippen LogP contribution is 2.31. The molecule has 2 rings (SSSR count). The molecule has 1 aromatic rings. The first-order valence-corrected chi connectivity index (χ1v) is 7.65. The summed E-state index contributed by atoms with van der Waals surface area (Å²) in [6.07, 6.45) is -4.48. The van der Waals surface area contributed by atoms with E-state index >= 15 is 0 Å². The number of halogens is 5. The van der Waals surface area contributed by atoms with Gasteiger partial charge in [0.1, 0.15) is 12.6 Å². The third-order valence-electron chi connectivity index (χ3n) is 4.02. The summed E-state index contributed by atoms with van der Waals surface area (Å²) >= 11 is 0. The van der Waals surface area contributed by atoms with Gasteiger partial charge in [0.25, 0.3) is 0 Å². The number of carbonyl (C=O) groups is 2. The second-order valence-electron chi connectivity index (χ2n) is 6.00. The van der Waals surface area contributed by atoms with Gasteiger partial charge in [-0.15, -0.1) is 0 Å². The van der Waals surface area contributed by atoms with Crippen LogP contribution in [-0.4, -0.2) is 42.0 Å². The van der Waals surface area contributed by atoms with Crippen molar-refractivity contribution in [2.24, 2.45) is 0 Å². The molecule has 0 radical (unpaired) electrons. The molecule has 1 saturated heterocycles. The molecular weight excluding hydrogens is 347 g/mol. The summed E-state index contributed by atoms with van der Waals surface area (Å²) in [5.74, 6) is -4.48. The lowest BCUT2D eigenvalue weighted by Gasteiger charge is -2.27. The van der Waals surface area contributed by atoms with Gasteiger partial charge in [-0.3, -0.25) is 9.59 Å². The standard InChI is InChI=1S/C16H17F5N2O2/c1-9(24)22-13-6-5-10(11-3-2-4-12(17)14(11)18)7-23(15(13)25)8-16(19,20)21/h2-4,10,13H,5-8H2,1H3,(H,22,24)/t10-,13-/m1/s1. The van der Waals surface area contributed by atoms with Crippen LogP contribution in [0.5, 0.6) is 0 Å². The third kappa shape index (κ3) is 4.90. The van der Waals surface area contributed by atoms with Crippen molar-refractivity contribution in [1.29, 1.82) is 0 Å². The molecule has 2 amide bonds. The summed E-state index contributed by atoms with van der Waals surface area (Å²) in [4.78, 5) is 24.1. The van der Waals surface area contributed by atoms with Crippen molar-refractivity contribution in [3.8, 4) is 0 Å². The molecule has 0 bridgehead atoms. The molecule has 0 aromatic heterocycles. The summed E-state index contributed by atoms with van der Waals surface area (Å²) in [6, 6.07) is 2.34. The van der Waals surface area contributed by atoms with Crippen molar-refractivity contribution in [2.45, 2.75) is 37.9 Å². The molecule has 0 saturated carbocycles. The minimum Gasteiger partial charge on any atom is -0.345 e. The fourth-order valence-corrected chi connectivity index (χ4v) is 2.99. The van der Waals surface area contributed by atoms with Crippen LogP contribution >= 0.6 is 0 Å². The molecule has 2 atom stereocenters. The number of nitrogens with one attached hydrogen (secondary N) is 1. The zero-order valence-electron chi connectivity index (χ0n) is 13.4. The van der Waals surface area contributed by atoms with Crippen LogP contribution < -0.4 is 5.32 Å². The first kappa shape index (κ1) is 19.1. The van der Waals surface area contributed by atoms with Crippen LogP contribution in [0.25, 0.3) is 0 Å². The third-order valence-corrected chi connectivity index (χ3v) is 4.02. The maximum atomic E-state index is 14.0. The van der Waals surface area contributed by atoms with Gasteiger partial charge in [-0.25, -0.2) is 8.78 Å². The van der Waals surface area contributed by atoms with Gasteiger partial charge in [-0.2, -0.15) is 13.2 Å². The van der Waals surface area contributed by atoms with Crippen LogP contribution in [0, 0.1) is 11.6 Å². The minimum absolute atomic E-state index is 0.0351. The Morgan fingerprint density at radius 3 is 2.56 bits per heavy atom.